The first-order chi connectivity index (χ1) is 42.5. The molecule has 7 rings (SSSR count). The molecule has 22 N–H and O–H groups in total. The molecule has 0 spiro atoms. The van der Waals surface area contributed by atoms with Crippen molar-refractivity contribution >= 4 is 23.6 Å². The predicted octanol–water partition coefficient (Wildman–Crippen LogP) is -14.6. The van der Waals surface area contributed by atoms with E-state index in [4.69, 9.17) is 61.6 Å². The summed E-state index contributed by atoms with van der Waals surface area (Å²) in [7, 11) is 0. The molecule has 35 atom stereocenters. The van der Waals surface area contributed by atoms with Gasteiger partial charge in [-0.1, -0.05) is 0 Å². The van der Waals surface area contributed by atoms with Gasteiger partial charge in [0, 0.05) is 27.7 Å². The highest BCUT2D eigenvalue weighted by Crippen LogP contribution is 2.38. The third-order valence-electron chi connectivity index (χ3n) is 16.4. The Morgan fingerprint density at radius 3 is 1.02 bits per heavy atom. The molecule has 0 aromatic rings. The summed E-state index contributed by atoms with van der Waals surface area (Å²) in [5, 5.41) is 209. The van der Waals surface area contributed by atoms with Crippen molar-refractivity contribution in [3.05, 3.63) is 0 Å². The number of aliphatic hydroxyl groups is 18. The first-order valence-electron chi connectivity index (χ1n) is 28.9. The molecule has 0 aliphatic carbocycles. The van der Waals surface area contributed by atoms with Gasteiger partial charge in [-0.2, -0.15) is 0 Å². The molecule has 4 amide bonds. The molecule has 39 nitrogen and oxygen atoms in total. The van der Waals surface area contributed by atoms with Gasteiger partial charge in [0.15, 0.2) is 37.7 Å². The lowest BCUT2D eigenvalue weighted by Crippen LogP contribution is -2.70. The van der Waals surface area contributed by atoms with E-state index in [1.807, 2.05) is 0 Å². The fourth-order valence-electron chi connectivity index (χ4n) is 11.7. The second-order valence-electron chi connectivity index (χ2n) is 22.9. The highest BCUT2D eigenvalue weighted by Gasteiger charge is 2.59. The van der Waals surface area contributed by atoms with Crippen LogP contribution in [0.3, 0.4) is 0 Å². The molecule has 0 aromatic carbocycles. The molecule has 0 bridgehead atoms. The molecular formula is C51H86N4O35. The standard InChI is InChI=1S/C51H86N4O35/c1-13-25(52-14(2)62)36(73)41(22(10-60)79-13)86-48-28(55-17(5)65)37(74)42(23(11-61)84-48)87-49-40(77)43(88-51-45(39(76)32(69)21(9-59)83-51)90-47-27(54-16(4)64)35(72)30(67)19(7-57)81-47)33(70)24(85-49)12-78-50-44(38(75)31(68)20(8-58)82-50)89-46-26(53-15(3)63)34(71)29(66)18(6-56)80-46/h13,18-51,56-61,66-77H,6-12H2,1-5H3,(H,52,62)(H,53,63)(H,54,64)(H,55,65)/t13-,18-,19?,20?,21-,22?,23?,24?,25?,26?,27?,28?,29+,30+,31+,32?,33+,34?,35+,36+,37+,38-,39?,40?,41+,42+,43-,44?,45?,46-,47-,48-,49-,50-,51+/m0/s1. The average Bonchev–Trinajstić information content (AvgIpc) is 0.859. The van der Waals surface area contributed by atoms with E-state index in [1.165, 1.54) is 6.92 Å². The van der Waals surface area contributed by atoms with Gasteiger partial charge in [0.1, 0.15) is 165 Å². The van der Waals surface area contributed by atoms with Crippen molar-refractivity contribution in [2.24, 2.45) is 0 Å². The molecule has 7 aliphatic rings. The van der Waals surface area contributed by atoms with Crippen molar-refractivity contribution in [1.29, 1.82) is 0 Å². The normalized spacial score (nSPS) is 47.6. The van der Waals surface area contributed by atoms with Gasteiger partial charge in [-0.15, -0.1) is 0 Å². The summed E-state index contributed by atoms with van der Waals surface area (Å²) in [5.74, 6) is -3.06. The lowest BCUT2D eigenvalue weighted by Gasteiger charge is -2.51. The van der Waals surface area contributed by atoms with Crippen molar-refractivity contribution in [2.45, 2.75) is 249 Å². The van der Waals surface area contributed by atoms with E-state index in [2.05, 4.69) is 21.3 Å². The van der Waals surface area contributed by atoms with E-state index >= 15 is 0 Å². The molecule has 7 heterocycles. The zero-order valence-electron chi connectivity index (χ0n) is 49.1. The van der Waals surface area contributed by atoms with E-state index < -0.39 is 284 Å². The summed E-state index contributed by atoms with van der Waals surface area (Å²) in [4.78, 5) is 49.7. The number of hydrogen-bond acceptors (Lipinski definition) is 35. The zero-order chi connectivity index (χ0) is 66.5. The molecule has 15 unspecified atom stereocenters. The molecule has 0 aromatic heterocycles. The molecule has 7 aliphatic heterocycles. The van der Waals surface area contributed by atoms with Gasteiger partial charge in [0.05, 0.1) is 58.4 Å². The fourth-order valence-corrected chi connectivity index (χ4v) is 11.7. The van der Waals surface area contributed by atoms with Crippen molar-refractivity contribution in [2.75, 3.05) is 46.2 Å². The minimum Gasteiger partial charge on any atom is -0.394 e. The minimum absolute atomic E-state index is 0.591. The SMILES string of the molecule is CC(=O)NC1C(O)[C@H](O)[C@H](CO)O[C@H]1OC1[C@@H](OCC2O[C@@H](O[C@@H]3C(CO)O[C@@H](O[C@@H]4C(CO)O[C@@H](C)C(NC(C)=O)[C@H]4O)C(NC(C)=O)[C@H]3O)C(O)[C@@H](O[C@H]3O[C@@H](CO)C(O)C(O)C3O[C@@H]3OC(CO)[C@@H](O)[C@H](O)C3NC(C)=O)[C@@H]2O)OC(CO)[C@@H](O)[C@@H]1O. The Balaban J connectivity index is 1.25. The van der Waals surface area contributed by atoms with E-state index in [0.29, 0.717) is 0 Å². The smallest absolute Gasteiger partial charge is 0.217 e. The van der Waals surface area contributed by atoms with Gasteiger partial charge >= 0.3 is 0 Å². The molecule has 0 radical (unpaired) electrons. The summed E-state index contributed by atoms with van der Waals surface area (Å²) in [6.07, 6.45) is -59.7. The molecular weight excluding hydrogens is 1230 g/mol. The second kappa shape index (κ2) is 32.4. The Bertz CT molecular complexity index is 2310. The summed E-state index contributed by atoms with van der Waals surface area (Å²) in [5.41, 5.74) is 0. The highest BCUT2D eigenvalue weighted by atomic mass is 16.8. The van der Waals surface area contributed by atoms with Gasteiger partial charge in [0.25, 0.3) is 0 Å². The topological polar surface area (TPSA) is 601 Å². The Morgan fingerprint density at radius 2 is 0.600 bits per heavy atom. The van der Waals surface area contributed by atoms with E-state index in [1.54, 1.807) is 0 Å². The largest absolute Gasteiger partial charge is 0.394 e. The summed E-state index contributed by atoms with van der Waals surface area (Å²) in [6, 6.07) is -6.32. The molecule has 520 valence electrons. The van der Waals surface area contributed by atoms with Gasteiger partial charge in [0.2, 0.25) is 23.6 Å². The number of rotatable bonds is 23. The predicted molar refractivity (Wildman–Crippen MR) is 282 cm³/mol. The Hall–Kier alpha value is -3.36. The Kier molecular flexibility index (Phi) is 26.6. The second-order valence-corrected chi connectivity index (χ2v) is 22.9. The van der Waals surface area contributed by atoms with Crippen LogP contribution < -0.4 is 21.3 Å². The van der Waals surface area contributed by atoms with Crippen molar-refractivity contribution in [3.63, 3.8) is 0 Å². The molecule has 7 saturated heterocycles. The third-order valence-corrected chi connectivity index (χ3v) is 16.4. The maximum Gasteiger partial charge on any atom is 0.217 e. The monoisotopic (exact) mass is 1310 g/mol. The van der Waals surface area contributed by atoms with Crippen LogP contribution in [0.5, 0.6) is 0 Å². The number of carbonyl (C=O) groups is 4. The summed E-state index contributed by atoms with van der Waals surface area (Å²) < 4.78 is 77.4. The van der Waals surface area contributed by atoms with E-state index in [-0.39, 0.29) is 0 Å². The van der Waals surface area contributed by atoms with Crippen molar-refractivity contribution in [1.82, 2.24) is 21.3 Å². The van der Waals surface area contributed by atoms with Crippen LogP contribution in [0.2, 0.25) is 0 Å². The van der Waals surface area contributed by atoms with Gasteiger partial charge in [-0.25, -0.2) is 0 Å². The van der Waals surface area contributed by atoms with E-state index in [9.17, 15) is 111 Å². The molecule has 39 heteroatoms. The summed E-state index contributed by atoms with van der Waals surface area (Å²) >= 11 is 0. The van der Waals surface area contributed by atoms with Crippen LogP contribution in [0.15, 0.2) is 0 Å². The van der Waals surface area contributed by atoms with Gasteiger partial charge in [-0.05, 0) is 6.92 Å². The number of amides is 4. The molecule has 7 fully saturated rings. The summed E-state index contributed by atoms with van der Waals surface area (Å²) in [6.45, 7) is -1.24. The van der Waals surface area contributed by atoms with Crippen LogP contribution in [0.1, 0.15) is 34.6 Å². The quantitative estimate of drug-likeness (QED) is 0.0452. The van der Waals surface area contributed by atoms with Gasteiger partial charge in [-0.3, -0.25) is 19.2 Å². The Labute approximate surface area is 512 Å². The lowest BCUT2D eigenvalue weighted by molar-refractivity contribution is -0.395. The number of ether oxygens (including phenoxy) is 13. The minimum atomic E-state index is -2.42. The number of nitrogens with one attached hydrogen (secondary N) is 4. The lowest BCUT2D eigenvalue weighted by atomic mass is 9.92. The van der Waals surface area contributed by atoms with Gasteiger partial charge < -0.3 is 175 Å². The number of hydrogen-bond donors (Lipinski definition) is 22. The van der Waals surface area contributed by atoms with Crippen molar-refractivity contribution < 1.29 is 173 Å². The molecule has 0 saturated carbocycles. The van der Waals surface area contributed by atoms with Crippen molar-refractivity contribution in [3.8, 4) is 0 Å². The number of carbonyl (C=O) groups excluding carboxylic acids is 4. The first-order valence-corrected chi connectivity index (χ1v) is 28.9. The molecule has 90 heavy (non-hydrogen) atoms. The van der Waals surface area contributed by atoms with Crippen LogP contribution in [0.25, 0.3) is 0 Å². The highest BCUT2D eigenvalue weighted by molar-refractivity contribution is 5.74. The average molecular weight is 1320 g/mol. The van der Waals surface area contributed by atoms with Crippen LogP contribution in [0, 0.1) is 0 Å². The third kappa shape index (κ3) is 16.5. The maximum atomic E-state index is 12.8. The van der Waals surface area contributed by atoms with Crippen LogP contribution in [0.4, 0.5) is 0 Å². The number of aliphatic hydroxyl groups excluding tert-OH is 18. The van der Waals surface area contributed by atoms with Crippen LogP contribution >= 0.6 is 0 Å². The zero-order valence-corrected chi connectivity index (χ0v) is 49.1. The maximum absolute atomic E-state index is 12.8. The fraction of sp³-hybridized carbons (Fsp3) is 0.922. The Morgan fingerprint density at radius 1 is 0.300 bits per heavy atom. The van der Waals surface area contributed by atoms with Crippen LogP contribution in [-0.2, 0) is 80.8 Å². The van der Waals surface area contributed by atoms with E-state index in [0.717, 1.165) is 27.7 Å². The van der Waals surface area contributed by atoms with Crippen LogP contribution in [-0.4, -0.2) is 376 Å². The first kappa shape index (κ1) is 74.0.